The van der Waals surface area contributed by atoms with Crippen LogP contribution in [0.25, 0.3) is 6.08 Å². The summed E-state index contributed by atoms with van der Waals surface area (Å²) in [5.41, 5.74) is 0.671. The fourth-order valence-corrected chi connectivity index (χ4v) is 1.77. The Kier molecular flexibility index (Phi) is 4.03. The maximum Gasteiger partial charge on any atom is 0.325 e. The molecule has 2 N–H and O–H groups in total. The molecule has 1 aromatic heterocycles. The minimum absolute atomic E-state index is 0.315. The molecule has 1 aromatic carbocycles. The Morgan fingerprint density at radius 3 is 3.06 bits per heavy atom. The number of amides is 2. The highest BCUT2D eigenvalue weighted by Crippen LogP contribution is 2.09. The van der Waals surface area contributed by atoms with E-state index in [1.54, 1.807) is 29.8 Å². The van der Waals surface area contributed by atoms with Gasteiger partial charge >= 0.3 is 6.03 Å². The highest BCUT2D eigenvalue weighted by atomic mass is 32.1. The average molecular weight is 263 g/mol. The van der Waals surface area contributed by atoms with Gasteiger partial charge in [0.15, 0.2) is 5.13 Å². The van der Waals surface area contributed by atoms with Gasteiger partial charge in [0.2, 0.25) is 0 Å². The van der Waals surface area contributed by atoms with Crippen LogP contribution in [0.5, 0.6) is 0 Å². The lowest BCUT2D eigenvalue weighted by Gasteiger charge is -1.99. The van der Waals surface area contributed by atoms with Gasteiger partial charge in [-0.15, -0.1) is 11.3 Å². The van der Waals surface area contributed by atoms with Crippen molar-refractivity contribution in [2.45, 2.75) is 0 Å². The summed E-state index contributed by atoms with van der Waals surface area (Å²) >= 11 is 1.33. The number of carbonyl (C=O) groups is 1. The van der Waals surface area contributed by atoms with E-state index in [2.05, 4.69) is 15.6 Å². The van der Waals surface area contributed by atoms with Crippen molar-refractivity contribution in [3.05, 3.63) is 53.4 Å². The number of hydrogen-bond donors (Lipinski definition) is 2. The number of rotatable bonds is 3. The summed E-state index contributed by atoms with van der Waals surface area (Å²) in [6.45, 7) is 0. The first-order valence-corrected chi connectivity index (χ1v) is 6.01. The Morgan fingerprint density at radius 1 is 1.44 bits per heavy atom. The zero-order chi connectivity index (χ0) is 12.8. The van der Waals surface area contributed by atoms with Crippen LogP contribution in [0, 0.1) is 5.82 Å². The molecule has 2 rings (SSSR count). The Morgan fingerprint density at radius 2 is 2.33 bits per heavy atom. The van der Waals surface area contributed by atoms with Crippen LogP contribution >= 0.6 is 11.3 Å². The van der Waals surface area contributed by atoms with E-state index in [4.69, 9.17) is 0 Å². The number of aromatic nitrogens is 1. The number of benzene rings is 1. The molecule has 18 heavy (non-hydrogen) atoms. The van der Waals surface area contributed by atoms with E-state index in [1.165, 1.54) is 29.7 Å². The van der Waals surface area contributed by atoms with Crippen LogP contribution in [0.15, 0.2) is 42.0 Å². The molecule has 0 bridgehead atoms. The third kappa shape index (κ3) is 3.67. The lowest BCUT2D eigenvalue weighted by molar-refractivity contribution is 0.255. The Hall–Kier alpha value is -2.21. The van der Waals surface area contributed by atoms with E-state index in [-0.39, 0.29) is 5.82 Å². The molecule has 0 aliphatic heterocycles. The second-order valence-corrected chi connectivity index (χ2v) is 4.22. The summed E-state index contributed by atoms with van der Waals surface area (Å²) in [5, 5.41) is 7.34. The molecule has 0 radical (unpaired) electrons. The molecule has 1 heterocycles. The smallest absolute Gasteiger partial charge is 0.314 e. The van der Waals surface area contributed by atoms with Gasteiger partial charge in [-0.3, -0.25) is 5.32 Å². The standard InChI is InChI=1S/C12H10FN3OS/c13-10-3-1-2-9(8-10)4-5-14-11(17)16-12-15-6-7-18-12/h1-8H,(H2,14,15,16,17)/b5-4+. The number of urea groups is 1. The van der Waals surface area contributed by atoms with Crippen molar-refractivity contribution < 1.29 is 9.18 Å². The van der Waals surface area contributed by atoms with Crippen LogP contribution in [0.3, 0.4) is 0 Å². The van der Waals surface area contributed by atoms with Crippen molar-refractivity contribution in [2.24, 2.45) is 0 Å². The summed E-state index contributed by atoms with van der Waals surface area (Å²) in [5.74, 6) is -0.315. The molecule has 0 saturated heterocycles. The summed E-state index contributed by atoms with van der Waals surface area (Å²) in [6, 6.07) is 5.68. The van der Waals surface area contributed by atoms with Crippen LogP contribution < -0.4 is 10.6 Å². The Bertz CT molecular complexity index is 554. The minimum Gasteiger partial charge on any atom is -0.314 e. The zero-order valence-corrected chi connectivity index (χ0v) is 10.1. The van der Waals surface area contributed by atoms with E-state index < -0.39 is 6.03 Å². The van der Waals surface area contributed by atoms with Crippen molar-refractivity contribution in [1.82, 2.24) is 10.3 Å². The monoisotopic (exact) mass is 263 g/mol. The van der Waals surface area contributed by atoms with Gasteiger partial charge in [0, 0.05) is 17.8 Å². The zero-order valence-electron chi connectivity index (χ0n) is 9.26. The van der Waals surface area contributed by atoms with E-state index in [1.807, 2.05) is 0 Å². The molecule has 2 aromatic rings. The first-order valence-electron chi connectivity index (χ1n) is 5.13. The maximum atomic E-state index is 12.9. The second-order valence-electron chi connectivity index (χ2n) is 3.32. The van der Waals surface area contributed by atoms with Gasteiger partial charge in [-0.25, -0.2) is 14.2 Å². The van der Waals surface area contributed by atoms with Gasteiger partial charge in [-0.05, 0) is 23.8 Å². The molecule has 6 heteroatoms. The molecular formula is C12H10FN3OS. The summed E-state index contributed by atoms with van der Waals surface area (Å²) in [6.07, 6.45) is 4.64. The fourth-order valence-electron chi connectivity index (χ4n) is 1.24. The molecular weight excluding hydrogens is 253 g/mol. The molecule has 0 saturated carbocycles. The van der Waals surface area contributed by atoms with Crippen LogP contribution in [0.4, 0.5) is 14.3 Å². The van der Waals surface area contributed by atoms with Crippen LogP contribution in [-0.2, 0) is 0 Å². The normalized spacial score (nSPS) is 10.5. The van der Waals surface area contributed by atoms with Crippen LogP contribution in [0.2, 0.25) is 0 Å². The quantitative estimate of drug-likeness (QED) is 0.894. The molecule has 92 valence electrons. The van der Waals surface area contributed by atoms with Crippen molar-refractivity contribution in [3.8, 4) is 0 Å². The molecule has 0 fully saturated rings. The molecule has 0 aliphatic carbocycles. The number of nitrogens with zero attached hydrogens (tertiary/aromatic N) is 1. The number of carbonyl (C=O) groups excluding carboxylic acids is 1. The Labute approximate surface area is 107 Å². The number of anilines is 1. The highest BCUT2D eigenvalue weighted by Gasteiger charge is 2.00. The predicted molar refractivity (Wildman–Crippen MR) is 69.7 cm³/mol. The maximum absolute atomic E-state index is 12.9. The summed E-state index contributed by atoms with van der Waals surface area (Å²) in [4.78, 5) is 15.3. The van der Waals surface area contributed by atoms with E-state index >= 15 is 0 Å². The molecule has 0 unspecified atom stereocenters. The highest BCUT2D eigenvalue weighted by molar-refractivity contribution is 7.13. The van der Waals surface area contributed by atoms with Crippen molar-refractivity contribution >= 4 is 28.6 Å². The largest absolute Gasteiger partial charge is 0.325 e. The number of hydrogen-bond acceptors (Lipinski definition) is 3. The van der Waals surface area contributed by atoms with E-state index in [0.29, 0.717) is 10.7 Å². The third-order valence-corrected chi connectivity index (χ3v) is 2.68. The molecule has 4 nitrogen and oxygen atoms in total. The first kappa shape index (κ1) is 12.3. The predicted octanol–water partition coefficient (Wildman–Crippen LogP) is 3.07. The molecule has 2 amide bonds. The number of halogens is 1. The van der Waals surface area contributed by atoms with Gasteiger partial charge in [-0.1, -0.05) is 12.1 Å². The SMILES string of the molecule is O=C(N/C=C/c1cccc(F)c1)Nc1nccs1. The molecule has 0 atom stereocenters. The first-order chi connectivity index (χ1) is 8.74. The fraction of sp³-hybridized carbons (Fsp3) is 0. The van der Waals surface area contributed by atoms with Crippen molar-refractivity contribution in [3.63, 3.8) is 0 Å². The second kappa shape index (κ2) is 5.92. The van der Waals surface area contributed by atoms with Crippen LogP contribution in [0.1, 0.15) is 5.56 Å². The topological polar surface area (TPSA) is 54.0 Å². The summed E-state index contributed by atoms with van der Waals surface area (Å²) in [7, 11) is 0. The Balaban J connectivity index is 1.86. The van der Waals surface area contributed by atoms with Crippen LogP contribution in [-0.4, -0.2) is 11.0 Å². The van der Waals surface area contributed by atoms with Crippen molar-refractivity contribution in [1.29, 1.82) is 0 Å². The number of thiazole rings is 1. The minimum atomic E-state index is -0.391. The van der Waals surface area contributed by atoms with E-state index in [9.17, 15) is 9.18 Å². The summed E-state index contributed by atoms with van der Waals surface area (Å²) < 4.78 is 12.9. The third-order valence-electron chi connectivity index (χ3n) is 1.99. The lowest BCUT2D eigenvalue weighted by atomic mass is 10.2. The van der Waals surface area contributed by atoms with Gasteiger partial charge in [0.1, 0.15) is 5.82 Å². The van der Waals surface area contributed by atoms with Gasteiger partial charge in [-0.2, -0.15) is 0 Å². The van der Waals surface area contributed by atoms with Gasteiger partial charge in [0.25, 0.3) is 0 Å². The number of nitrogens with one attached hydrogen (secondary N) is 2. The molecule has 0 aliphatic rings. The van der Waals surface area contributed by atoms with E-state index in [0.717, 1.165) is 0 Å². The molecule has 0 spiro atoms. The van der Waals surface area contributed by atoms with Gasteiger partial charge in [0.05, 0.1) is 0 Å². The van der Waals surface area contributed by atoms with Gasteiger partial charge < -0.3 is 5.32 Å². The average Bonchev–Trinajstić information content (AvgIpc) is 2.82. The van der Waals surface area contributed by atoms with Crippen molar-refractivity contribution in [2.75, 3.05) is 5.32 Å². The lowest BCUT2D eigenvalue weighted by Crippen LogP contribution is -2.23.